The Labute approximate surface area is 210 Å². The van der Waals surface area contributed by atoms with Crippen LogP contribution >= 0.6 is 11.3 Å². The standard InChI is InChI=1S/C25H25FN6O3S/c1-2-35-21-6-4-3-5-20(21)28-24(34)31-13-11-30(12-14-31)16-19-15-22(33)32-25(27-19)36-23(29-32)17-7-9-18(26)10-8-17/h3-10,15H,2,11-14,16H2,1H3,(H,28,34). The summed E-state index contributed by atoms with van der Waals surface area (Å²) in [6.45, 7) is 5.34. The average Bonchev–Trinajstić information content (AvgIpc) is 3.31. The van der Waals surface area contributed by atoms with Gasteiger partial charge in [-0.3, -0.25) is 9.69 Å². The first-order valence-electron chi connectivity index (χ1n) is 11.7. The van der Waals surface area contributed by atoms with E-state index in [-0.39, 0.29) is 17.4 Å². The molecule has 186 valence electrons. The molecule has 36 heavy (non-hydrogen) atoms. The molecular formula is C25H25FN6O3S. The molecule has 1 saturated heterocycles. The van der Waals surface area contributed by atoms with Crippen LogP contribution in [0.4, 0.5) is 14.9 Å². The van der Waals surface area contributed by atoms with Gasteiger partial charge in [-0.25, -0.2) is 14.2 Å². The molecule has 1 aliphatic rings. The van der Waals surface area contributed by atoms with E-state index in [0.717, 1.165) is 5.56 Å². The lowest BCUT2D eigenvalue weighted by atomic mass is 10.2. The molecule has 2 amide bonds. The molecule has 1 fully saturated rings. The van der Waals surface area contributed by atoms with Crippen molar-refractivity contribution in [2.75, 3.05) is 38.1 Å². The molecule has 4 aromatic rings. The number of piperazine rings is 1. The van der Waals surface area contributed by atoms with Crippen molar-refractivity contribution in [3.63, 3.8) is 0 Å². The molecule has 2 aromatic heterocycles. The second-order valence-electron chi connectivity index (χ2n) is 8.32. The highest BCUT2D eigenvalue weighted by Crippen LogP contribution is 2.25. The Kier molecular flexibility index (Phi) is 6.92. The largest absolute Gasteiger partial charge is 0.492 e. The summed E-state index contributed by atoms with van der Waals surface area (Å²) >= 11 is 1.28. The Balaban J connectivity index is 1.22. The zero-order valence-corrected chi connectivity index (χ0v) is 20.5. The minimum Gasteiger partial charge on any atom is -0.492 e. The number of anilines is 1. The fourth-order valence-electron chi connectivity index (χ4n) is 4.03. The van der Waals surface area contributed by atoms with E-state index in [2.05, 4.69) is 20.3 Å². The van der Waals surface area contributed by atoms with Crippen LogP contribution in [0.2, 0.25) is 0 Å². The molecule has 0 aliphatic carbocycles. The van der Waals surface area contributed by atoms with Crippen molar-refractivity contribution in [3.05, 3.63) is 76.5 Å². The van der Waals surface area contributed by atoms with Crippen molar-refractivity contribution in [1.82, 2.24) is 24.4 Å². The van der Waals surface area contributed by atoms with Crippen molar-refractivity contribution in [2.45, 2.75) is 13.5 Å². The van der Waals surface area contributed by atoms with Gasteiger partial charge in [-0.1, -0.05) is 23.5 Å². The van der Waals surface area contributed by atoms with Crippen LogP contribution in [0.15, 0.2) is 59.4 Å². The van der Waals surface area contributed by atoms with Gasteiger partial charge in [-0.2, -0.15) is 9.61 Å². The maximum absolute atomic E-state index is 13.2. The molecule has 2 aromatic carbocycles. The van der Waals surface area contributed by atoms with Crippen LogP contribution in [0.25, 0.3) is 15.5 Å². The van der Waals surface area contributed by atoms with E-state index >= 15 is 0 Å². The summed E-state index contributed by atoms with van der Waals surface area (Å²) in [5.41, 5.74) is 1.77. The quantitative estimate of drug-likeness (QED) is 0.427. The summed E-state index contributed by atoms with van der Waals surface area (Å²) in [6, 6.07) is 14.7. The minimum absolute atomic E-state index is 0.169. The number of ether oxygens (including phenoxy) is 1. The smallest absolute Gasteiger partial charge is 0.322 e. The van der Waals surface area contributed by atoms with Crippen LogP contribution in [-0.2, 0) is 6.54 Å². The number of nitrogens with one attached hydrogen (secondary N) is 1. The van der Waals surface area contributed by atoms with Gasteiger partial charge in [0, 0.05) is 44.4 Å². The normalized spacial score (nSPS) is 14.2. The maximum Gasteiger partial charge on any atom is 0.322 e. The predicted octanol–water partition coefficient (Wildman–Crippen LogP) is 3.71. The van der Waals surface area contributed by atoms with E-state index in [4.69, 9.17) is 4.74 Å². The van der Waals surface area contributed by atoms with E-state index in [1.54, 1.807) is 17.0 Å². The van der Waals surface area contributed by atoms with E-state index in [1.807, 2.05) is 31.2 Å². The highest BCUT2D eigenvalue weighted by molar-refractivity contribution is 7.19. The Morgan fingerprint density at radius 1 is 1.11 bits per heavy atom. The summed E-state index contributed by atoms with van der Waals surface area (Å²) in [5, 5.41) is 7.88. The maximum atomic E-state index is 13.2. The number of urea groups is 1. The Morgan fingerprint density at radius 3 is 2.61 bits per heavy atom. The number of amides is 2. The monoisotopic (exact) mass is 508 g/mol. The number of carbonyl (C=O) groups excluding carboxylic acids is 1. The topological polar surface area (TPSA) is 92.1 Å². The molecule has 9 nitrogen and oxygen atoms in total. The number of fused-ring (bicyclic) bond motifs is 1. The van der Waals surface area contributed by atoms with Gasteiger partial charge in [-0.15, -0.1) is 0 Å². The Morgan fingerprint density at radius 2 is 1.86 bits per heavy atom. The zero-order chi connectivity index (χ0) is 25.1. The van der Waals surface area contributed by atoms with Gasteiger partial charge in [0.1, 0.15) is 16.6 Å². The second kappa shape index (κ2) is 10.4. The molecule has 0 bridgehead atoms. The first-order chi connectivity index (χ1) is 17.5. The fraction of sp³-hybridized carbons (Fsp3) is 0.280. The molecule has 0 atom stereocenters. The summed E-state index contributed by atoms with van der Waals surface area (Å²) in [7, 11) is 0. The van der Waals surface area contributed by atoms with E-state index < -0.39 is 0 Å². The van der Waals surface area contributed by atoms with E-state index in [9.17, 15) is 14.0 Å². The highest BCUT2D eigenvalue weighted by atomic mass is 32.1. The van der Waals surface area contributed by atoms with Crippen molar-refractivity contribution < 1.29 is 13.9 Å². The van der Waals surface area contributed by atoms with Gasteiger partial charge in [-0.05, 0) is 43.3 Å². The highest BCUT2D eigenvalue weighted by Gasteiger charge is 2.23. The summed E-state index contributed by atoms with van der Waals surface area (Å²) in [4.78, 5) is 34.5. The van der Waals surface area contributed by atoms with E-state index in [0.29, 0.717) is 66.4 Å². The average molecular weight is 509 g/mol. The number of hydrogen-bond donors (Lipinski definition) is 1. The predicted molar refractivity (Wildman–Crippen MR) is 136 cm³/mol. The van der Waals surface area contributed by atoms with Crippen LogP contribution in [0.1, 0.15) is 12.6 Å². The first-order valence-corrected chi connectivity index (χ1v) is 12.5. The Bertz CT molecular complexity index is 1430. The number of nitrogens with zero attached hydrogens (tertiary/aromatic N) is 5. The van der Waals surface area contributed by atoms with Crippen LogP contribution in [-0.4, -0.2) is 63.2 Å². The number of aromatic nitrogens is 3. The second-order valence-corrected chi connectivity index (χ2v) is 9.27. The summed E-state index contributed by atoms with van der Waals surface area (Å²) in [5.74, 6) is 0.315. The van der Waals surface area contributed by atoms with Gasteiger partial charge < -0.3 is 15.0 Å². The first kappa shape index (κ1) is 23.9. The van der Waals surface area contributed by atoms with Gasteiger partial charge in [0.2, 0.25) is 4.96 Å². The number of rotatable bonds is 6. The number of hydrogen-bond acceptors (Lipinski definition) is 7. The third kappa shape index (κ3) is 5.21. The lowest BCUT2D eigenvalue weighted by molar-refractivity contribution is 0.142. The summed E-state index contributed by atoms with van der Waals surface area (Å²) < 4.78 is 20.1. The molecule has 1 N–H and O–H groups in total. The number of carbonyl (C=O) groups is 1. The van der Waals surface area contributed by atoms with Gasteiger partial charge in [0.15, 0.2) is 0 Å². The molecule has 3 heterocycles. The fourth-order valence-corrected chi connectivity index (χ4v) is 4.96. The lowest BCUT2D eigenvalue weighted by Crippen LogP contribution is -2.49. The van der Waals surface area contributed by atoms with Crippen LogP contribution in [0.3, 0.4) is 0 Å². The third-order valence-electron chi connectivity index (χ3n) is 5.86. The zero-order valence-electron chi connectivity index (χ0n) is 19.7. The molecule has 1 aliphatic heterocycles. The van der Waals surface area contributed by atoms with Crippen molar-refractivity contribution in [1.29, 1.82) is 0 Å². The minimum atomic E-state index is -0.328. The molecule has 0 spiro atoms. The van der Waals surface area contributed by atoms with Crippen LogP contribution < -0.4 is 15.6 Å². The van der Waals surface area contributed by atoms with Crippen molar-refractivity contribution in [2.24, 2.45) is 0 Å². The number of benzene rings is 2. The number of halogens is 1. The van der Waals surface area contributed by atoms with Crippen LogP contribution in [0.5, 0.6) is 5.75 Å². The molecule has 11 heteroatoms. The number of para-hydroxylation sites is 2. The van der Waals surface area contributed by atoms with Crippen molar-refractivity contribution >= 4 is 28.0 Å². The molecule has 0 saturated carbocycles. The summed E-state index contributed by atoms with van der Waals surface area (Å²) in [6.07, 6.45) is 0. The lowest BCUT2D eigenvalue weighted by Gasteiger charge is -2.34. The van der Waals surface area contributed by atoms with Crippen LogP contribution in [0, 0.1) is 5.82 Å². The molecular weight excluding hydrogens is 483 g/mol. The van der Waals surface area contributed by atoms with E-state index in [1.165, 1.54) is 34.1 Å². The Hall–Kier alpha value is -3.83. The molecule has 0 radical (unpaired) electrons. The SMILES string of the molecule is CCOc1ccccc1NC(=O)N1CCN(Cc2cc(=O)n3nc(-c4ccc(F)cc4)sc3n2)CC1. The van der Waals surface area contributed by atoms with Gasteiger partial charge in [0.05, 0.1) is 18.0 Å². The van der Waals surface area contributed by atoms with Gasteiger partial charge >= 0.3 is 6.03 Å². The van der Waals surface area contributed by atoms with Crippen molar-refractivity contribution in [3.8, 4) is 16.3 Å². The molecule has 0 unspecified atom stereocenters. The molecule has 5 rings (SSSR count). The third-order valence-corrected chi connectivity index (χ3v) is 6.82. The van der Waals surface area contributed by atoms with Gasteiger partial charge in [0.25, 0.3) is 5.56 Å².